The number of hydrogen-bond acceptors (Lipinski definition) is 3. The number of carbonyl (C=O) groups excluding carboxylic acids is 1. The summed E-state index contributed by atoms with van der Waals surface area (Å²) in [5, 5.41) is 6.30. The maximum absolute atomic E-state index is 11.8. The first-order valence-electron chi connectivity index (χ1n) is 7.16. The molecule has 0 aromatic heterocycles. The standard InChI is InChI=1S/C14H31N3O/c1-7-17(8-2)10-12(5)16-13(6)14(18)15-9-11(3)4/h11-13,16H,7-10H2,1-6H3,(H,15,18). The van der Waals surface area contributed by atoms with Crippen molar-refractivity contribution in [3.8, 4) is 0 Å². The topological polar surface area (TPSA) is 44.4 Å². The van der Waals surface area contributed by atoms with E-state index in [-0.39, 0.29) is 11.9 Å². The van der Waals surface area contributed by atoms with Crippen molar-refractivity contribution in [2.45, 2.75) is 53.6 Å². The van der Waals surface area contributed by atoms with Crippen LogP contribution in [0.15, 0.2) is 0 Å². The Hall–Kier alpha value is -0.610. The molecule has 0 radical (unpaired) electrons. The van der Waals surface area contributed by atoms with Gasteiger partial charge in [-0.15, -0.1) is 0 Å². The third-order valence-corrected chi connectivity index (χ3v) is 3.04. The third-order valence-electron chi connectivity index (χ3n) is 3.04. The SMILES string of the molecule is CCN(CC)CC(C)NC(C)C(=O)NCC(C)C. The largest absolute Gasteiger partial charge is 0.354 e. The molecule has 18 heavy (non-hydrogen) atoms. The van der Waals surface area contributed by atoms with Gasteiger partial charge in [-0.1, -0.05) is 27.7 Å². The van der Waals surface area contributed by atoms with Crippen molar-refractivity contribution in [2.75, 3.05) is 26.2 Å². The van der Waals surface area contributed by atoms with Gasteiger partial charge < -0.3 is 15.5 Å². The van der Waals surface area contributed by atoms with Gasteiger partial charge in [-0.3, -0.25) is 4.79 Å². The number of rotatable bonds is 9. The molecule has 0 saturated heterocycles. The zero-order chi connectivity index (χ0) is 14.1. The molecule has 2 unspecified atom stereocenters. The lowest BCUT2D eigenvalue weighted by Crippen LogP contribution is -2.49. The second-order valence-corrected chi connectivity index (χ2v) is 5.41. The summed E-state index contributed by atoms with van der Waals surface area (Å²) in [4.78, 5) is 14.2. The van der Waals surface area contributed by atoms with Crippen molar-refractivity contribution in [2.24, 2.45) is 5.92 Å². The Labute approximate surface area is 113 Å². The van der Waals surface area contributed by atoms with Crippen LogP contribution in [0.3, 0.4) is 0 Å². The van der Waals surface area contributed by atoms with Gasteiger partial charge in [0.05, 0.1) is 6.04 Å². The van der Waals surface area contributed by atoms with E-state index in [9.17, 15) is 4.79 Å². The number of hydrogen-bond donors (Lipinski definition) is 2. The van der Waals surface area contributed by atoms with E-state index in [2.05, 4.69) is 50.2 Å². The highest BCUT2D eigenvalue weighted by molar-refractivity contribution is 5.81. The van der Waals surface area contributed by atoms with Crippen LogP contribution in [0.4, 0.5) is 0 Å². The lowest BCUT2D eigenvalue weighted by Gasteiger charge is -2.26. The van der Waals surface area contributed by atoms with E-state index >= 15 is 0 Å². The molecule has 0 aromatic carbocycles. The fraction of sp³-hybridized carbons (Fsp3) is 0.929. The van der Waals surface area contributed by atoms with Gasteiger partial charge in [-0.25, -0.2) is 0 Å². The minimum Gasteiger partial charge on any atom is -0.354 e. The predicted octanol–water partition coefficient (Wildman–Crippen LogP) is 1.47. The predicted molar refractivity (Wildman–Crippen MR) is 77.7 cm³/mol. The monoisotopic (exact) mass is 257 g/mol. The molecule has 0 rings (SSSR count). The first-order chi connectivity index (χ1) is 8.40. The van der Waals surface area contributed by atoms with Crippen molar-refractivity contribution < 1.29 is 4.79 Å². The number of likely N-dealkylation sites (N-methyl/N-ethyl adjacent to an activating group) is 1. The average molecular weight is 257 g/mol. The first-order valence-corrected chi connectivity index (χ1v) is 7.16. The molecule has 4 nitrogen and oxygen atoms in total. The molecule has 0 heterocycles. The second-order valence-electron chi connectivity index (χ2n) is 5.41. The first kappa shape index (κ1) is 17.4. The van der Waals surface area contributed by atoms with Crippen molar-refractivity contribution in [1.82, 2.24) is 15.5 Å². The van der Waals surface area contributed by atoms with Crippen molar-refractivity contribution in [3.05, 3.63) is 0 Å². The Morgan fingerprint density at radius 3 is 2.11 bits per heavy atom. The van der Waals surface area contributed by atoms with Gasteiger partial charge in [-0.2, -0.15) is 0 Å². The van der Waals surface area contributed by atoms with Crippen LogP contribution >= 0.6 is 0 Å². The fourth-order valence-corrected chi connectivity index (χ4v) is 1.88. The molecule has 2 atom stereocenters. The van der Waals surface area contributed by atoms with Crippen LogP contribution in [0.5, 0.6) is 0 Å². The summed E-state index contributed by atoms with van der Waals surface area (Å²) in [5.41, 5.74) is 0. The second kappa shape index (κ2) is 9.34. The molecule has 4 heteroatoms. The lowest BCUT2D eigenvalue weighted by molar-refractivity contribution is -0.123. The van der Waals surface area contributed by atoms with E-state index in [4.69, 9.17) is 0 Å². The van der Waals surface area contributed by atoms with Gasteiger partial charge in [0, 0.05) is 19.1 Å². The third kappa shape index (κ3) is 7.67. The summed E-state index contributed by atoms with van der Waals surface area (Å²) >= 11 is 0. The maximum Gasteiger partial charge on any atom is 0.236 e. The highest BCUT2D eigenvalue weighted by atomic mass is 16.2. The van der Waals surface area contributed by atoms with Crippen molar-refractivity contribution >= 4 is 5.91 Å². The maximum atomic E-state index is 11.8. The molecule has 0 bridgehead atoms. The van der Waals surface area contributed by atoms with Crippen LogP contribution in [0.25, 0.3) is 0 Å². The summed E-state index contributed by atoms with van der Waals surface area (Å²) < 4.78 is 0. The van der Waals surface area contributed by atoms with Crippen LogP contribution < -0.4 is 10.6 Å². The smallest absolute Gasteiger partial charge is 0.236 e. The van der Waals surface area contributed by atoms with E-state index in [1.807, 2.05) is 6.92 Å². The van der Waals surface area contributed by atoms with Gasteiger partial charge in [0.25, 0.3) is 0 Å². The number of amides is 1. The molecule has 2 N–H and O–H groups in total. The highest BCUT2D eigenvalue weighted by Crippen LogP contribution is 1.95. The highest BCUT2D eigenvalue weighted by Gasteiger charge is 2.16. The minimum atomic E-state index is -0.130. The van der Waals surface area contributed by atoms with E-state index in [0.717, 1.165) is 26.2 Å². The average Bonchev–Trinajstić information content (AvgIpc) is 2.32. The van der Waals surface area contributed by atoms with Gasteiger partial charge in [0.2, 0.25) is 5.91 Å². The molecule has 108 valence electrons. The Morgan fingerprint density at radius 2 is 1.67 bits per heavy atom. The number of nitrogens with zero attached hydrogens (tertiary/aromatic N) is 1. The quantitative estimate of drug-likeness (QED) is 0.657. The van der Waals surface area contributed by atoms with E-state index in [0.29, 0.717) is 12.0 Å². The molecule has 0 aromatic rings. The summed E-state index contributed by atoms with van der Waals surface area (Å²) in [7, 11) is 0. The Morgan fingerprint density at radius 1 is 1.11 bits per heavy atom. The van der Waals surface area contributed by atoms with Gasteiger partial charge >= 0.3 is 0 Å². The Bertz CT molecular complexity index is 227. The Balaban J connectivity index is 3.98. The fourth-order valence-electron chi connectivity index (χ4n) is 1.88. The van der Waals surface area contributed by atoms with Gasteiger partial charge in [0.15, 0.2) is 0 Å². The molecule has 0 aliphatic rings. The minimum absolute atomic E-state index is 0.0927. The van der Waals surface area contributed by atoms with Gasteiger partial charge in [-0.05, 0) is 32.9 Å². The molecule has 0 fully saturated rings. The summed E-state index contributed by atoms with van der Waals surface area (Å²) in [6.07, 6.45) is 0. The summed E-state index contributed by atoms with van der Waals surface area (Å²) in [6.45, 7) is 16.4. The molecule has 0 spiro atoms. The summed E-state index contributed by atoms with van der Waals surface area (Å²) in [5.74, 6) is 0.587. The van der Waals surface area contributed by atoms with Gasteiger partial charge in [0.1, 0.15) is 0 Å². The number of carbonyl (C=O) groups is 1. The van der Waals surface area contributed by atoms with Crippen LogP contribution in [0.1, 0.15) is 41.5 Å². The van der Waals surface area contributed by atoms with Crippen LogP contribution in [0.2, 0.25) is 0 Å². The van der Waals surface area contributed by atoms with Crippen LogP contribution in [0, 0.1) is 5.92 Å². The number of nitrogens with one attached hydrogen (secondary N) is 2. The van der Waals surface area contributed by atoms with E-state index in [1.54, 1.807) is 0 Å². The molecule has 0 aliphatic carbocycles. The Kier molecular flexibility index (Phi) is 9.02. The van der Waals surface area contributed by atoms with Crippen LogP contribution in [-0.4, -0.2) is 49.1 Å². The zero-order valence-electron chi connectivity index (χ0n) is 12.9. The molecule has 0 saturated carbocycles. The van der Waals surface area contributed by atoms with E-state index in [1.165, 1.54) is 0 Å². The summed E-state index contributed by atoms with van der Waals surface area (Å²) in [6, 6.07) is 0.194. The molecular weight excluding hydrogens is 226 g/mol. The molecular formula is C14H31N3O. The van der Waals surface area contributed by atoms with Crippen molar-refractivity contribution in [1.29, 1.82) is 0 Å². The van der Waals surface area contributed by atoms with Crippen molar-refractivity contribution in [3.63, 3.8) is 0 Å². The zero-order valence-corrected chi connectivity index (χ0v) is 12.9. The van der Waals surface area contributed by atoms with E-state index < -0.39 is 0 Å². The molecule has 1 amide bonds. The normalized spacial score (nSPS) is 14.9. The molecule has 0 aliphatic heterocycles. The van der Waals surface area contributed by atoms with Crippen LogP contribution in [-0.2, 0) is 4.79 Å². The lowest BCUT2D eigenvalue weighted by atomic mass is 10.2.